The average molecular weight is 456 g/mol. The minimum absolute atomic E-state index is 0.0596. The Morgan fingerprint density at radius 1 is 1.19 bits per heavy atom. The lowest BCUT2D eigenvalue weighted by atomic mass is 10.0. The molecule has 0 saturated carbocycles. The average Bonchev–Trinajstić information content (AvgIpc) is 3.46. The van der Waals surface area contributed by atoms with Crippen molar-refractivity contribution in [3.63, 3.8) is 0 Å². The molecule has 1 unspecified atom stereocenters. The molecule has 8 heteroatoms. The summed E-state index contributed by atoms with van der Waals surface area (Å²) in [5.74, 6) is -0.224. The fourth-order valence-corrected chi connectivity index (χ4v) is 4.73. The second kappa shape index (κ2) is 10.1. The Bertz CT molecular complexity index is 1040. The highest BCUT2D eigenvalue weighted by Gasteiger charge is 2.25. The number of piperidine rings is 1. The molecule has 1 atom stereocenters. The highest BCUT2D eigenvalue weighted by Crippen LogP contribution is 2.26. The minimum atomic E-state index is -0.309. The van der Waals surface area contributed by atoms with E-state index in [0.717, 1.165) is 41.9 Å². The van der Waals surface area contributed by atoms with Crippen molar-refractivity contribution in [2.75, 3.05) is 19.6 Å². The molecule has 1 aliphatic heterocycles. The Labute approximate surface area is 190 Å². The zero-order valence-corrected chi connectivity index (χ0v) is 18.7. The maximum Gasteiger partial charge on any atom is 0.287 e. The lowest BCUT2D eigenvalue weighted by Gasteiger charge is -2.32. The first-order valence-electron chi connectivity index (χ1n) is 10.6. The van der Waals surface area contributed by atoms with E-state index in [1.54, 1.807) is 29.5 Å². The molecule has 1 saturated heterocycles. The summed E-state index contributed by atoms with van der Waals surface area (Å²) >= 11 is 1.55. The first-order valence-corrected chi connectivity index (χ1v) is 11.5. The van der Waals surface area contributed by atoms with Crippen molar-refractivity contribution in [2.45, 2.75) is 31.8 Å². The van der Waals surface area contributed by atoms with Crippen LogP contribution >= 0.6 is 11.3 Å². The van der Waals surface area contributed by atoms with Gasteiger partial charge in [0.25, 0.3) is 5.91 Å². The number of furan rings is 1. The van der Waals surface area contributed by atoms with Crippen molar-refractivity contribution in [3.8, 4) is 0 Å². The van der Waals surface area contributed by atoms with Crippen LogP contribution in [0.1, 0.15) is 45.4 Å². The molecule has 0 bridgehead atoms. The molecule has 2 amide bonds. The van der Waals surface area contributed by atoms with Crippen molar-refractivity contribution in [3.05, 3.63) is 81.7 Å². The third-order valence-electron chi connectivity index (χ3n) is 5.69. The molecule has 2 aromatic heterocycles. The molecule has 3 aromatic rings. The quantitative estimate of drug-likeness (QED) is 0.567. The van der Waals surface area contributed by atoms with Crippen LogP contribution in [0.2, 0.25) is 0 Å². The summed E-state index contributed by atoms with van der Waals surface area (Å²) < 4.78 is 18.6. The van der Waals surface area contributed by atoms with Gasteiger partial charge in [0.05, 0.1) is 18.8 Å². The molecule has 3 heterocycles. The van der Waals surface area contributed by atoms with Crippen LogP contribution in [-0.2, 0) is 4.79 Å². The number of benzene rings is 1. The van der Waals surface area contributed by atoms with E-state index in [-0.39, 0.29) is 36.3 Å². The summed E-state index contributed by atoms with van der Waals surface area (Å²) in [6.07, 6.45) is 3.05. The van der Waals surface area contributed by atoms with Crippen LogP contribution in [0.25, 0.3) is 0 Å². The van der Waals surface area contributed by atoms with Gasteiger partial charge in [-0.1, -0.05) is 18.2 Å². The molecule has 0 spiro atoms. The zero-order chi connectivity index (χ0) is 22.5. The lowest BCUT2D eigenvalue weighted by Crippen LogP contribution is -2.47. The Hall–Kier alpha value is -2.97. The van der Waals surface area contributed by atoms with Crippen molar-refractivity contribution in [1.29, 1.82) is 0 Å². The van der Waals surface area contributed by atoms with Crippen molar-refractivity contribution < 1.29 is 18.4 Å². The molecule has 1 fully saturated rings. The Morgan fingerprint density at radius 3 is 2.56 bits per heavy atom. The van der Waals surface area contributed by atoms with Gasteiger partial charge >= 0.3 is 0 Å². The number of nitrogens with one attached hydrogen (secondary N) is 2. The second-order valence-electron chi connectivity index (χ2n) is 8.02. The number of halogens is 1. The van der Waals surface area contributed by atoms with Crippen LogP contribution in [0.5, 0.6) is 0 Å². The number of hydrogen-bond acceptors (Lipinski definition) is 5. The van der Waals surface area contributed by atoms with E-state index in [2.05, 4.69) is 15.5 Å². The van der Waals surface area contributed by atoms with E-state index < -0.39 is 0 Å². The maximum atomic E-state index is 13.4. The molecule has 6 nitrogen and oxygen atoms in total. The molecular formula is C24H26FN3O3S. The summed E-state index contributed by atoms with van der Waals surface area (Å²) in [6.45, 7) is 3.56. The SMILES string of the molecule is Cc1ccoc1C(=O)NC1CCN(CC(=O)NC(c2ccc(F)cc2)c2cccs2)CC1. The molecule has 0 aliphatic carbocycles. The fourth-order valence-electron chi connectivity index (χ4n) is 3.93. The largest absolute Gasteiger partial charge is 0.459 e. The van der Waals surface area contributed by atoms with Gasteiger partial charge in [-0.25, -0.2) is 4.39 Å². The molecule has 1 aromatic carbocycles. The number of amides is 2. The molecule has 4 rings (SSSR count). The summed E-state index contributed by atoms with van der Waals surface area (Å²) in [5, 5.41) is 8.08. The first-order chi connectivity index (χ1) is 15.5. The van der Waals surface area contributed by atoms with E-state index in [1.807, 2.05) is 24.4 Å². The number of thiophene rings is 1. The van der Waals surface area contributed by atoms with Gasteiger partial charge in [0.15, 0.2) is 5.76 Å². The highest BCUT2D eigenvalue weighted by atomic mass is 32.1. The maximum absolute atomic E-state index is 13.4. The zero-order valence-electron chi connectivity index (χ0n) is 17.8. The van der Waals surface area contributed by atoms with Gasteiger partial charge in [-0.2, -0.15) is 0 Å². The van der Waals surface area contributed by atoms with E-state index in [4.69, 9.17) is 4.42 Å². The van der Waals surface area contributed by atoms with Gasteiger partial charge in [0.2, 0.25) is 5.91 Å². The topological polar surface area (TPSA) is 74.6 Å². The molecule has 2 N–H and O–H groups in total. The third kappa shape index (κ3) is 5.44. The van der Waals surface area contributed by atoms with Crippen LogP contribution in [-0.4, -0.2) is 42.4 Å². The van der Waals surface area contributed by atoms with Crippen LogP contribution in [0.15, 0.2) is 58.5 Å². The van der Waals surface area contributed by atoms with E-state index in [9.17, 15) is 14.0 Å². The number of nitrogens with zero attached hydrogens (tertiary/aromatic N) is 1. The lowest BCUT2D eigenvalue weighted by molar-refractivity contribution is -0.123. The molecule has 1 aliphatic rings. The van der Waals surface area contributed by atoms with Crippen molar-refractivity contribution >= 4 is 23.2 Å². The first kappa shape index (κ1) is 22.2. The van der Waals surface area contributed by atoms with Crippen molar-refractivity contribution in [1.82, 2.24) is 15.5 Å². The van der Waals surface area contributed by atoms with Crippen LogP contribution in [0, 0.1) is 12.7 Å². The normalized spacial score (nSPS) is 15.9. The van der Waals surface area contributed by atoms with Crippen LogP contribution in [0.3, 0.4) is 0 Å². The Kier molecular flexibility index (Phi) is 7.02. The minimum Gasteiger partial charge on any atom is -0.459 e. The Balaban J connectivity index is 1.30. The number of aryl methyl sites for hydroxylation is 1. The van der Waals surface area contributed by atoms with Gasteiger partial charge in [-0.05, 0) is 55.0 Å². The number of hydrogen-bond donors (Lipinski definition) is 2. The van der Waals surface area contributed by atoms with E-state index >= 15 is 0 Å². The van der Waals surface area contributed by atoms with Gasteiger partial charge in [-0.3, -0.25) is 14.5 Å². The molecule has 0 radical (unpaired) electrons. The summed E-state index contributed by atoms with van der Waals surface area (Å²) in [6, 6.07) is 11.6. The number of carbonyl (C=O) groups excluding carboxylic acids is 2. The predicted molar refractivity (Wildman–Crippen MR) is 121 cm³/mol. The molecular weight excluding hydrogens is 429 g/mol. The standard InChI is InChI=1S/C24H26FN3O3S/c1-16-10-13-31-23(16)24(30)26-19-8-11-28(12-9-19)15-21(29)27-22(20-3-2-14-32-20)17-4-6-18(25)7-5-17/h2-7,10,13-14,19,22H,8-9,11-12,15H2,1H3,(H,26,30)(H,27,29). The Morgan fingerprint density at radius 2 is 1.94 bits per heavy atom. The van der Waals surface area contributed by atoms with E-state index in [0.29, 0.717) is 5.76 Å². The smallest absolute Gasteiger partial charge is 0.287 e. The van der Waals surface area contributed by atoms with Gasteiger partial charge in [-0.15, -0.1) is 11.3 Å². The van der Waals surface area contributed by atoms with Crippen LogP contribution in [0.4, 0.5) is 4.39 Å². The fraction of sp³-hybridized carbons (Fsp3) is 0.333. The highest BCUT2D eigenvalue weighted by molar-refractivity contribution is 7.10. The summed E-state index contributed by atoms with van der Waals surface area (Å²) in [5.41, 5.74) is 1.66. The second-order valence-corrected chi connectivity index (χ2v) is 9.00. The molecule has 168 valence electrons. The number of carbonyl (C=O) groups is 2. The van der Waals surface area contributed by atoms with E-state index in [1.165, 1.54) is 18.4 Å². The van der Waals surface area contributed by atoms with Gasteiger partial charge in [0, 0.05) is 29.6 Å². The third-order valence-corrected chi connectivity index (χ3v) is 6.63. The summed E-state index contributed by atoms with van der Waals surface area (Å²) in [4.78, 5) is 28.2. The predicted octanol–water partition coefficient (Wildman–Crippen LogP) is 3.89. The monoisotopic (exact) mass is 455 g/mol. The number of likely N-dealkylation sites (tertiary alicyclic amines) is 1. The van der Waals surface area contributed by atoms with Gasteiger partial charge in [0.1, 0.15) is 5.82 Å². The molecule has 32 heavy (non-hydrogen) atoms. The van der Waals surface area contributed by atoms with Gasteiger partial charge < -0.3 is 15.1 Å². The van der Waals surface area contributed by atoms with Crippen molar-refractivity contribution in [2.24, 2.45) is 0 Å². The number of rotatable bonds is 7. The summed E-state index contributed by atoms with van der Waals surface area (Å²) in [7, 11) is 0. The van der Waals surface area contributed by atoms with Crippen LogP contribution < -0.4 is 10.6 Å².